The van der Waals surface area contributed by atoms with E-state index in [0.717, 1.165) is 15.4 Å². The van der Waals surface area contributed by atoms with Crippen LogP contribution in [-0.4, -0.2) is 11.1 Å². The smallest absolute Gasteiger partial charge is 0.335 e. The van der Waals surface area contributed by atoms with Gasteiger partial charge in [0.2, 0.25) is 0 Å². The van der Waals surface area contributed by atoms with Crippen molar-refractivity contribution >= 4 is 17.7 Å². The third-order valence-corrected chi connectivity index (χ3v) is 3.82. The van der Waals surface area contributed by atoms with E-state index in [1.54, 1.807) is 42.1 Å². The second kappa shape index (κ2) is 5.59. The van der Waals surface area contributed by atoms with Gasteiger partial charge in [0.05, 0.1) is 17.2 Å². The maximum Gasteiger partial charge on any atom is 0.335 e. The number of nitriles is 1. The standard InChI is InChI=1S/C15H11NO2S/c1-10-8-11(9-16)2-7-14(10)19-13-5-3-12(4-6-13)15(17)18/h2-8H,1H3,(H,17,18). The van der Waals surface area contributed by atoms with Gasteiger partial charge in [-0.25, -0.2) is 4.79 Å². The first-order valence-corrected chi connectivity index (χ1v) is 6.44. The van der Waals surface area contributed by atoms with E-state index >= 15 is 0 Å². The SMILES string of the molecule is Cc1cc(C#N)ccc1Sc1ccc(C(=O)O)cc1. The molecule has 0 aliphatic heterocycles. The highest BCUT2D eigenvalue weighted by atomic mass is 32.2. The van der Waals surface area contributed by atoms with Crippen molar-refractivity contribution in [3.8, 4) is 6.07 Å². The number of carboxylic acids is 1. The van der Waals surface area contributed by atoms with Gasteiger partial charge in [-0.15, -0.1) is 0 Å². The first-order valence-electron chi connectivity index (χ1n) is 5.62. The summed E-state index contributed by atoms with van der Waals surface area (Å²) in [6.45, 7) is 1.95. The van der Waals surface area contributed by atoms with E-state index in [1.165, 1.54) is 0 Å². The zero-order chi connectivity index (χ0) is 13.8. The molecule has 0 radical (unpaired) electrons. The molecule has 2 aromatic carbocycles. The molecule has 4 heteroatoms. The largest absolute Gasteiger partial charge is 0.478 e. The van der Waals surface area contributed by atoms with Gasteiger partial charge in [0.25, 0.3) is 0 Å². The Balaban J connectivity index is 2.22. The van der Waals surface area contributed by atoms with Crippen molar-refractivity contribution in [3.05, 3.63) is 59.2 Å². The highest BCUT2D eigenvalue weighted by molar-refractivity contribution is 7.99. The van der Waals surface area contributed by atoms with Crippen molar-refractivity contribution in [2.24, 2.45) is 0 Å². The third kappa shape index (κ3) is 3.15. The Kier molecular flexibility index (Phi) is 3.88. The normalized spacial score (nSPS) is 9.89. The average Bonchev–Trinajstić information content (AvgIpc) is 2.41. The van der Waals surface area contributed by atoms with Crippen LogP contribution in [0, 0.1) is 18.3 Å². The van der Waals surface area contributed by atoms with E-state index in [-0.39, 0.29) is 5.56 Å². The molecule has 0 aromatic heterocycles. The minimum Gasteiger partial charge on any atom is -0.478 e. The quantitative estimate of drug-likeness (QED) is 0.922. The lowest BCUT2D eigenvalue weighted by Gasteiger charge is -2.06. The Morgan fingerprint density at radius 1 is 1.21 bits per heavy atom. The topological polar surface area (TPSA) is 61.1 Å². The summed E-state index contributed by atoms with van der Waals surface area (Å²) in [7, 11) is 0. The summed E-state index contributed by atoms with van der Waals surface area (Å²) in [5.74, 6) is -0.925. The van der Waals surface area contributed by atoms with Gasteiger partial charge in [-0.05, 0) is 55.0 Å². The molecule has 0 unspecified atom stereocenters. The van der Waals surface area contributed by atoms with Crippen LogP contribution < -0.4 is 0 Å². The number of benzene rings is 2. The summed E-state index contributed by atoms with van der Waals surface area (Å²) < 4.78 is 0. The molecule has 0 amide bonds. The number of carboxylic acid groups (broad SMARTS) is 1. The number of hydrogen-bond donors (Lipinski definition) is 1. The molecule has 2 aromatic rings. The van der Waals surface area contributed by atoms with Gasteiger partial charge in [0, 0.05) is 9.79 Å². The number of rotatable bonds is 3. The van der Waals surface area contributed by atoms with Crippen LogP contribution in [0.4, 0.5) is 0 Å². The fourth-order valence-corrected chi connectivity index (χ4v) is 2.51. The molecule has 0 saturated carbocycles. The van der Waals surface area contributed by atoms with Gasteiger partial charge in [0.15, 0.2) is 0 Å². The Labute approximate surface area is 115 Å². The van der Waals surface area contributed by atoms with Crippen molar-refractivity contribution in [1.29, 1.82) is 5.26 Å². The highest BCUT2D eigenvalue weighted by Crippen LogP contribution is 2.30. The predicted molar refractivity (Wildman–Crippen MR) is 73.4 cm³/mol. The summed E-state index contributed by atoms with van der Waals surface area (Å²) in [5, 5.41) is 17.6. The molecule has 0 heterocycles. The first-order chi connectivity index (χ1) is 9.10. The minimum absolute atomic E-state index is 0.279. The zero-order valence-electron chi connectivity index (χ0n) is 10.3. The van der Waals surface area contributed by atoms with E-state index < -0.39 is 5.97 Å². The van der Waals surface area contributed by atoms with Crippen molar-refractivity contribution in [2.45, 2.75) is 16.7 Å². The Bertz CT molecular complexity index is 657. The van der Waals surface area contributed by atoms with Crippen LogP contribution in [0.25, 0.3) is 0 Å². The van der Waals surface area contributed by atoms with Gasteiger partial charge in [-0.1, -0.05) is 11.8 Å². The van der Waals surface area contributed by atoms with E-state index in [9.17, 15) is 4.79 Å². The summed E-state index contributed by atoms with van der Waals surface area (Å²) >= 11 is 1.55. The monoisotopic (exact) mass is 269 g/mol. The van der Waals surface area contributed by atoms with Crippen LogP contribution in [0.1, 0.15) is 21.5 Å². The van der Waals surface area contributed by atoms with Crippen LogP contribution in [0.2, 0.25) is 0 Å². The summed E-state index contributed by atoms with van der Waals surface area (Å²) in [5.41, 5.74) is 1.95. The van der Waals surface area contributed by atoms with Gasteiger partial charge in [0.1, 0.15) is 0 Å². The minimum atomic E-state index is -0.925. The average molecular weight is 269 g/mol. The zero-order valence-corrected chi connectivity index (χ0v) is 11.1. The molecule has 1 N–H and O–H groups in total. The highest BCUT2D eigenvalue weighted by Gasteiger charge is 2.05. The fraction of sp³-hybridized carbons (Fsp3) is 0.0667. The van der Waals surface area contributed by atoms with Crippen LogP contribution >= 0.6 is 11.8 Å². The van der Waals surface area contributed by atoms with E-state index in [2.05, 4.69) is 6.07 Å². The van der Waals surface area contributed by atoms with Crippen molar-refractivity contribution in [3.63, 3.8) is 0 Å². The van der Waals surface area contributed by atoms with E-state index in [4.69, 9.17) is 10.4 Å². The lowest BCUT2D eigenvalue weighted by Crippen LogP contribution is -1.94. The molecule has 0 saturated heterocycles. The molecule has 0 fully saturated rings. The Morgan fingerprint density at radius 3 is 2.42 bits per heavy atom. The van der Waals surface area contributed by atoms with Crippen LogP contribution in [0.15, 0.2) is 52.3 Å². The van der Waals surface area contributed by atoms with Crippen molar-refractivity contribution in [1.82, 2.24) is 0 Å². The van der Waals surface area contributed by atoms with Crippen LogP contribution in [0.3, 0.4) is 0 Å². The Morgan fingerprint density at radius 2 is 1.89 bits per heavy atom. The maximum atomic E-state index is 10.8. The molecule has 2 rings (SSSR count). The number of aromatic carboxylic acids is 1. The molecular formula is C15H11NO2S. The fourth-order valence-electron chi connectivity index (χ4n) is 1.63. The van der Waals surface area contributed by atoms with E-state index in [0.29, 0.717) is 5.56 Å². The van der Waals surface area contributed by atoms with Crippen molar-refractivity contribution < 1.29 is 9.90 Å². The molecule has 0 spiro atoms. The summed E-state index contributed by atoms with van der Waals surface area (Å²) in [6.07, 6.45) is 0. The van der Waals surface area contributed by atoms with E-state index in [1.807, 2.05) is 19.1 Å². The number of carbonyl (C=O) groups is 1. The number of nitrogens with zero attached hydrogens (tertiary/aromatic N) is 1. The molecule has 0 atom stereocenters. The van der Waals surface area contributed by atoms with Gasteiger partial charge in [-0.2, -0.15) is 5.26 Å². The second-order valence-electron chi connectivity index (χ2n) is 4.02. The molecular weight excluding hydrogens is 258 g/mol. The number of aryl methyl sites for hydroxylation is 1. The van der Waals surface area contributed by atoms with Gasteiger partial charge in [-0.3, -0.25) is 0 Å². The predicted octanol–water partition coefficient (Wildman–Crippen LogP) is 3.72. The molecule has 0 bridgehead atoms. The summed E-state index contributed by atoms with van der Waals surface area (Å²) in [6, 6.07) is 14.4. The Hall–Kier alpha value is -2.25. The lowest BCUT2D eigenvalue weighted by atomic mass is 10.2. The second-order valence-corrected chi connectivity index (χ2v) is 5.14. The molecule has 3 nitrogen and oxygen atoms in total. The molecule has 0 aliphatic carbocycles. The van der Waals surface area contributed by atoms with Gasteiger partial charge >= 0.3 is 5.97 Å². The molecule has 19 heavy (non-hydrogen) atoms. The van der Waals surface area contributed by atoms with Crippen molar-refractivity contribution in [2.75, 3.05) is 0 Å². The first kappa shape index (κ1) is 13.2. The van der Waals surface area contributed by atoms with Crippen LogP contribution in [0.5, 0.6) is 0 Å². The maximum absolute atomic E-state index is 10.8. The molecule has 94 valence electrons. The third-order valence-electron chi connectivity index (χ3n) is 2.63. The van der Waals surface area contributed by atoms with Crippen LogP contribution in [-0.2, 0) is 0 Å². The molecule has 0 aliphatic rings. The van der Waals surface area contributed by atoms with Gasteiger partial charge < -0.3 is 5.11 Å². The number of hydrogen-bond acceptors (Lipinski definition) is 3. The summed E-state index contributed by atoms with van der Waals surface area (Å²) in [4.78, 5) is 12.8. The lowest BCUT2D eigenvalue weighted by molar-refractivity contribution is 0.0697.